The van der Waals surface area contributed by atoms with E-state index in [2.05, 4.69) is 20.8 Å². The first kappa shape index (κ1) is 25.1. The third kappa shape index (κ3) is 6.28. The van der Waals surface area contributed by atoms with Gasteiger partial charge in [-0.05, 0) is 37.1 Å². The van der Waals surface area contributed by atoms with Gasteiger partial charge in [0.15, 0.2) is 11.0 Å². The summed E-state index contributed by atoms with van der Waals surface area (Å²) in [6.45, 7) is 5.98. The molecule has 0 bridgehead atoms. The molecule has 0 saturated carbocycles. The molecule has 0 fully saturated rings. The van der Waals surface area contributed by atoms with Gasteiger partial charge in [-0.1, -0.05) is 72.6 Å². The minimum atomic E-state index is -0.343. The van der Waals surface area contributed by atoms with Gasteiger partial charge in [0.25, 0.3) is 5.91 Å². The smallest absolute Gasteiger partial charge is 0.251 e. The van der Waals surface area contributed by atoms with E-state index in [1.54, 1.807) is 34.9 Å². The highest BCUT2D eigenvalue weighted by molar-refractivity contribution is 7.99. The predicted molar refractivity (Wildman–Crippen MR) is 133 cm³/mol. The molecular weight excluding hydrogens is 481 g/mol. The molecule has 0 radical (unpaired) electrons. The van der Waals surface area contributed by atoms with Crippen molar-refractivity contribution in [3.63, 3.8) is 0 Å². The lowest BCUT2D eigenvalue weighted by Gasteiger charge is -2.21. The summed E-state index contributed by atoms with van der Waals surface area (Å²) in [5.74, 6) is 0.377. The van der Waals surface area contributed by atoms with Gasteiger partial charge in [-0.25, -0.2) is 0 Å². The van der Waals surface area contributed by atoms with Gasteiger partial charge in [0.2, 0.25) is 5.91 Å². The Morgan fingerprint density at radius 3 is 2.45 bits per heavy atom. The molecule has 0 saturated heterocycles. The second-order valence-corrected chi connectivity index (χ2v) is 9.63. The number of halogens is 2. The second-order valence-electron chi connectivity index (χ2n) is 7.90. The molecule has 3 aromatic rings. The maximum Gasteiger partial charge on any atom is 0.251 e. The number of nitrogens with one attached hydrogen (secondary N) is 2. The molecular formula is C23H25Cl2N5O2S. The Labute approximate surface area is 207 Å². The first-order valence-corrected chi connectivity index (χ1v) is 12.0. The third-order valence-electron chi connectivity index (χ3n) is 4.97. The van der Waals surface area contributed by atoms with E-state index in [-0.39, 0.29) is 29.5 Å². The summed E-state index contributed by atoms with van der Waals surface area (Å²) in [5, 5.41) is 15.5. The van der Waals surface area contributed by atoms with E-state index >= 15 is 0 Å². The van der Waals surface area contributed by atoms with E-state index in [0.717, 1.165) is 5.56 Å². The number of hydrogen-bond donors (Lipinski definition) is 2. The van der Waals surface area contributed by atoms with Gasteiger partial charge in [0.05, 0.1) is 27.5 Å². The van der Waals surface area contributed by atoms with Crippen molar-refractivity contribution >= 4 is 52.5 Å². The van der Waals surface area contributed by atoms with E-state index in [4.69, 9.17) is 23.2 Å². The molecule has 174 valence electrons. The van der Waals surface area contributed by atoms with Gasteiger partial charge in [0.1, 0.15) is 0 Å². The molecule has 33 heavy (non-hydrogen) atoms. The minimum absolute atomic E-state index is 0.0772. The van der Waals surface area contributed by atoms with Crippen LogP contribution in [0.15, 0.2) is 47.6 Å². The SMILES string of the molecule is Cc1ccc(C(=O)N[C@H](c2nnc(SCC(=O)Nc3cccc(Cl)c3Cl)n2C)C(C)C)cc1. The van der Waals surface area contributed by atoms with Crippen LogP contribution < -0.4 is 10.6 Å². The average molecular weight is 506 g/mol. The van der Waals surface area contributed by atoms with Crippen LogP contribution >= 0.6 is 35.0 Å². The summed E-state index contributed by atoms with van der Waals surface area (Å²) in [4.78, 5) is 25.1. The first-order chi connectivity index (χ1) is 15.7. The summed E-state index contributed by atoms with van der Waals surface area (Å²) < 4.78 is 1.80. The largest absolute Gasteiger partial charge is 0.342 e. The van der Waals surface area contributed by atoms with Crippen LogP contribution in [0.1, 0.15) is 41.6 Å². The van der Waals surface area contributed by atoms with Crippen LogP contribution in [0.3, 0.4) is 0 Å². The van der Waals surface area contributed by atoms with Gasteiger partial charge < -0.3 is 15.2 Å². The van der Waals surface area contributed by atoms with Crippen molar-refractivity contribution in [3.8, 4) is 0 Å². The molecule has 1 aromatic heterocycles. The maximum atomic E-state index is 12.8. The Morgan fingerprint density at radius 1 is 1.09 bits per heavy atom. The molecule has 0 aliphatic carbocycles. The van der Waals surface area contributed by atoms with Crippen LogP contribution in [0.2, 0.25) is 10.0 Å². The number of nitrogens with zero attached hydrogens (tertiary/aromatic N) is 3. The fourth-order valence-electron chi connectivity index (χ4n) is 3.10. The molecule has 0 unspecified atom stereocenters. The summed E-state index contributed by atoms with van der Waals surface area (Å²) >= 11 is 13.4. The Kier molecular flexibility index (Phi) is 8.40. The third-order valence-corrected chi connectivity index (χ3v) is 6.81. The molecule has 0 spiro atoms. The molecule has 3 rings (SSSR count). The fraction of sp³-hybridized carbons (Fsp3) is 0.304. The maximum absolute atomic E-state index is 12.8. The molecule has 2 aromatic carbocycles. The lowest BCUT2D eigenvalue weighted by Crippen LogP contribution is -2.33. The van der Waals surface area contributed by atoms with E-state index in [1.165, 1.54) is 11.8 Å². The number of rotatable bonds is 8. The van der Waals surface area contributed by atoms with Crippen molar-refractivity contribution in [2.24, 2.45) is 13.0 Å². The molecule has 10 heteroatoms. The molecule has 7 nitrogen and oxygen atoms in total. The number of amides is 2. The average Bonchev–Trinajstić information content (AvgIpc) is 3.14. The van der Waals surface area contributed by atoms with Crippen molar-refractivity contribution in [1.29, 1.82) is 0 Å². The Hall–Kier alpha value is -2.55. The normalized spacial score (nSPS) is 12.0. The van der Waals surface area contributed by atoms with Crippen molar-refractivity contribution in [2.45, 2.75) is 32.0 Å². The van der Waals surface area contributed by atoms with Gasteiger partial charge >= 0.3 is 0 Å². The number of aromatic nitrogens is 3. The zero-order chi connectivity index (χ0) is 24.1. The minimum Gasteiger partial charge on any atom is -0.342 e. The molecule has 2 N–H and O–H groups in total. The molecule has 0 aliphatic rings. The first-order valence-electron chi connectivity index (χ1n) is 10.3. The summed E-state index contributed by atoms with van der Waals surface area (Å²) in [6.07, 6.45) is 0. The second kappa shape index (κ2) is 11.0. The highest BCUT2D eigenvalue weighted by Crippen LogP contribution is 2.30. The van der Waals surface area contributed by atoms with Crippen molar-refractivity contribution in [1.82, 2.24) is 20.1 Å². The fourth-order valence-corrected chi connectivity index (χ4v) is 4.16. The highest BCUT2D eigenvalue weighted by Gasteiger charge is 2.25. The summed E-state index contributed by atoms with van der Waals surface area (Å²) in [5.41, 5.74) is 2.12. The van der Waals surface area contributed by atoms with Crippen molar-refractivity contribution < 1.29 is 9.59 Å². The zero-order valence-corrected chi connectivity index (χ0v) is 21.1. The van der Waals surface area contributed by atoms with Crippen LogP contribution in [0.25, 0.3) is 0 Å². The van der Waals surface area contributed by atoms with Crippen molar-refractivity contribution in [2.75, 3.05) is 11.1 Å². The van der Waals surface area contributed by atoms with Crippen LogP contribution in [0, 0.1) is 12.8 Å². The van der Waals surface area contributed by atoms with E-state index < -0.39 is 0 Å². The lowest BCUT2D eigenvalue weighted by molar-refractivity contribution is -0.113. The van der Waals surface area contributed by atoms with Crippen LogP contribution in [-0.2, 0) is 11.8 Å². The number of aryl methyl sites for hydroxylation is 1. The predicted octanol–water partition coefficient (Wildman–Crippen LogP) is 5.29. The van der Waals surface area contributed by atoms with E-state index in [9.17, 15) is 9.59 Å². The number of thioether (sulfide) groups is 1. The van der Waals surface area contributed by atoms with Crippen LogP contribution in [0.5, 0.6) is 0 Å². The summed E-state index contributed by atoms with van der Waals surface area (Å²) in [6, 6.07) is 12.1. The number of carbonyl (C=O) groups is 2. The monoisotopic (exact) mass is 505 g/mol. The number of anilines is 1. The molecule has 1 atom stereocenters. The van der Waals surface area contributed by atoms with Gasteiger partial charge in [-0.2, -0.15) is 0 Å². The van der Waals surface area contributed by atoms with Gasteiger partial charge in [-0.3, -0.25) is 9.59 Å². The number of benzene rings is 2. The zero-order valence-electron chi connectivity index (χ0n) is 18.7. The number of carbonyl (C=O) groups excluding carboxylic acids is 2. The molecule has 2 amide bonds. The van der Waals surface area contributed by atoms with Gasteiger partial charge in [0, 0.05) is 12.6 Å². The van der Waals surface area contributed by atoms with Gasteiger partial charge in [-0.15, -0.1) is 10.2 Å². The topological polar surface area (TPSA) is 88.9 Å². The number of hydrogen-bond acceptors (Lipinski definition) is 5. The molecule has 1 heterocycles. The van der Waals surface area contributed by atoms with Crippen LogP contribution in [-0.4, -0.2) is 32.3 Å². The molecule has 0 aliphatic heterocycles. The summed E-state index contributed by atoms with van der Waals surface area (Å²) in [7, 11) is 1.82. The standard InChI is InChI=1S/C23H25Cl2N5O2S/c1-13(2)20(27-22(32)15-10-8-14(3)9-11-15)21-28-29-23(30(21)4)33-12-18(31)26-17-7-5-6-16(24)19(17)25/h5-11,13,20H,12H2,1-4H3,(H,26,31)(H,27,32)/t20-/m0/s1. The highest BCUT2D eigenvalue weighted by atomic mass is 35.5. The van der Waals surface area contributed by atoms with Crippen molar-refractivity contribution in [3.05, 3.63) is 69.5 Å². The van der Waals surface area contributed by atoms with E-state index in [1.807, 2.05) is 40.0 Å². The van der Waals surface area contributed by atoms with Crippen LogP contribution in [0.4, 0.5) is 5.69 Å². The van der Waals surface area contributed by atoms with E-state index in [0.29, 0.717) is 32.3 Å². The quantitative estimate of drug-likeness (QED) is 0.406. The Balaban J connectivity index is 1.67. The lowest BCUT2D eigenvalue weighted by atomic mass is 10.0. The Bertz CT molecular complexity index is 1150. The Morgan fingerprint density at radius 2 is 1.79 bits per heavy atom.